The Morgan fingerprint density at radius 1 is 1.33 bits per heavy atom. The zero-order chi connectivity index (χ0) is 10.7. The Morgan fingerprint density at radius 3 is 2.73 bits per heavy atom. The molecule has 0 radical (unpaired) electrons. The summed E-state index contributed by atoms with van der Waals surface area (Å²) in [6.07, 6.45) is 0. The molecule has 1 atom stereocenters. The number of thioether (sulfide) groups is 1. The van der Waals surface area contributed by atoms with Gasteiger partial charge in [-0.15, -0.1) is 23.4 Å². The van der Waals surface area contributed by atoms with E-state index in [1.165, 1.54) is 0 Å². The molecule has 1 heterocycles. The van der Waals surface area contributed by atoms with Gasteiger partial charge < -0.3 is 4.74 Å². The maximum atomic E-state index is 6.14. The van der Waals surface area contributed by atoms with Crippen LogP contribution in [0.25, 0.3) is 5.76 Å². The highest BCUT2D eigenvalue weighted by Crippen LogP contribution is 2.35. The summed E-state index contributed by atoms with van der Waals surface area (Å²) in [7, 11) is 0. The molecular formula is C12H13ClOS. The maximum absolute atomic E-state index is 6.14. The standard InChI is InChI=1S/C12H13ClOS/c1-9(13)12-11(14-7-8-15-12)10-5-3-2-4-6-10/h2-6,9H,7-8H2,1H3. The number of rotatable bonds is 2. The lowest BCUT2D eigenvalue weighted by atomic mass is 10.1. The molecule has 0 bridgehead atoms. The number of benzene rings is 1. The fourth-order valence-corrected chi connectivity index (χ4v) is 2.75. The Labute approximate surface area is 99.5 Å². The Hall–Kier alpha value is -0.600. The molecule has 1 aliphatic heterocycles. The largest absolute Gasteiger partial charge is 0.491 e. The SMILES string of the molecule is CC(Cl)C1=C(c2ccccc2)OCCS1. The average molecular weight is 241 g/mol. The second kappa shape index (κ2) is 4.95. The fraction of sp³-hybridized carbons (Fsp3) is 0.333. The summed E-state index contributed by atoms with van der Waals surface area (Å²) in [6.45, 7) is 2.75. The number of alkyl halides is 1. The minimum atomic E-state index is 0.0190. The van der Waals surface area contributed by atoms with Gasteiger partial charge in [-0.05, 0) is 6.92 Å². The van der Waals surface area contributed by atoms with Gasteiger partial charge in [-0.3, -0.25) is 0 Å². The van der Waals surface area contributed by atoms with Crippen molar-refractivity contribution in [1.29, 1.82) is 0 Å². The zero-order valence-electron chi connectivity index (χ0n) is 8.57. The van der Waals surface area contributed by atoms with Crippen LogP contribution in [0.2, 0.25) is 0 Å². The lowest BCUT2D eigenvalue weighted by Crippen LogP contribution is -2.10. The first-order valence-corrected chi connectivity index (χ1v) is 6.40. The molecule has 3 heteroatoms. The molecule has 0 saturated carbocycles. The van der Waals surface area contributed by atoms with Gasteiger partial charge in [0.25, 0.3) is 0 Å². The first kappa shape index (κ1) is 10.9. The molecule has 1 unspecified atom stereocenters. The van der Waals surface area contributed by atoms with Crippen LogP contribution < -0.4 is 0 Å². The van der Waals surface area contributed by atoms with E-state index in [1.54, 1.807) is 11.8 Å². The summed E-state index contributed by atoms with van der Waals surface area (Å²) in [5, 5.41) is 0.0190. The van der Waals surface area contributed by atoms with Crippen LogP contribution in [0.1, 0.15) is 12.5 Å². The quantitative estimate of drug-likeness (QED) is 0.729. The van der Waals surface area contributed by atoms with Crippen molar-refractivity contribution in [2.45, 2.75) is 12.3 Å². The molecule has 80 valence electrons. The molecule has 2 rings (SSSR count). The number of hydrogen-bond donors (Lipinski definition) is 0. The molecule has 1 aromatic rings. The molecule has 0 fully saturated rings. The van der Waals surface area contributed by atoms with Crippen molar-refractivity contribution in [3.8, 4) is 0 Å². The lowest BCUT2D eigenvalue weighted by molar-refractivity contribution is 0.297. The molecule has 1 aliphatic rings. The smallest absolute Gasteiger partial charge is 0.137 e. The molecule has 0 spiro atoms. The third-order valence-corrected chi connectivity index (χ3v) is 3.78. The molecule has 0 N–H and O–H groups in total. The summed E-state index contributed by atoms with van der Waals surface area (Å²) >= 11 is 7.94. The molecule has 0 amide bonds. The Balaban J connectivity index is 2.39. The highest BCUT2D eigenvalue weighted by molar-refractivity contribution is 8.03. The molecule has 0 aromatic heterocycles. The van der Waals surface area contributed by atoms with Crippen LogP contribution in [-0.2, 0) is 4.74 Å². The van der Waals surface area contributed by atoms with E-state index in [2.05, 4.69) is 12.1 Å². The fourth-order valence-electron chi connectivity index (χ4n) is 1.54. The van der Waals surface area contributed by atoms with Gasteiger partial charge in [-0.2, -0.15) is 0 Å². The van der Waals surface area contributed by atoms with Crippen LogP contribution in [0.5, 0.6) is 0 Å². The van der Waals surface area contributed by atoms with Crippen LogP contribution in [0.4, 0.5) is 0 Å². The number of hydrogen-bond acceptors (Lipinski definition) is 2. The summed E-state index contributed by atoms with van der Waals surface area (Å²) in [5.41, 5.74) is 1.12. The molecule has 0 saturated heterocycles. The van der Waals surface area contributed by atoms with Gasteiger partial charge in [-0.25, -0.2) is 0 Å². The van der Waals surface area contributed by atoms with E-state index in [9.17, 15) is 0 Å². The summed E-state index contributed by atoms with van der Waals surface area (Å²) < 4.78 is 5.71. The molecule has 1 nitrogen and oxygen atoms in total. The zero-order valence-corrected chi connectivity index (χ0v) is 10.1. The summed E-state index contributed by atoms with van der Waals surface area (Å²) in [6, 6.07) is 10.1. The van der Waals surface area contributed by atoms with Crippen molar-refractivity contribution in [3.05, 3.63) is 40.8 Å². The summed E-state index contributed by atoms with van der Waals surface area (Å²) in [4.78, 5) is 1.15. The van der Waals surface area contributed by atoms with Gasteiger partial charge >= 0.3 is 0 Å². The molecule has 0 aliphatic carbocycles. The second-order valence-corrected chi connectivity index (χ2v) is 5.16. The number of allylic oxidation sites excluding steroid dienone is 1. The molecule has 1 aromatic carbocycles. The highest BCUT2D eigenvalue weighted by Gasteiger charge is 2.19. The number of halogens is 1. The minimum Gasteiger partial charge on any atom is -0.491 e. The molecular weight excluding hydrogens is 228 g/mol. The van der Waals surface area contributed by atoms with E-state index in [4.69, 9.17) is 16.3 Å². The van der Waals surface area contributed by atoms with Crippen LogP contribution >= 0.6 is 23.4 Å². The average Bonchev–Trinajstić information content (AvgIpc) is 2.30. The third-order valence-electron chi connectivity index (χ3n) is 2.21. The van der Waals surface area contributed by atoms with Crippen molar-refractivity contribution in [3.63, 3.8) is 0 Å². The van der Waals surface area contributed by atoms with E-state index < -0.39 is 0 Å². The van der Waals surface area contributed by atoms with Crippen molar-refractivity contribution in [2.24, 2.45) is 0 Å². The van der Waals surface area contributed by atoms with Crippen LogP contribution in [0.3, 0.4) is 0 Å². The monoisotopic (exact) mass is 240 g/mol. The first-order valence-electron chi connectivity index (χ1n) is 4.98. The summed E-state index contributed by atoms with van der Waals surface area (Å²) in [5.74, 6) is 1.94. The normalized spacial score (nSPS) is 18.5. The molecule has 15 heavy (non-hydrogen) atoms. The Bertz CT molecular complexity index is 359. The van der Waals surface area contributed by atoms with Crippen LogP contribution in [0.15, 0.2) is 35.2 Å². The highest BCUT2D eigenvalue weighted by atomic mass is 35.5. The minimum absolute atomic E-state index is 0.0190. The van der Waals surface area contributed by atoms with Gasteiger partial charge in [0.1, 0.15) is 5.76 Å². The Morgan fingerprint density at radius 2 is 2.07 bits per heavy atom. The van der Waals surface area contributed by atoms with E-state index in [0.717, 1.165) is 28.6 Å². The van der Waals surface area contributed by atoms with Crippen molar-refractivity contribution < 1.29 is 4.74 Å². The van der Waals surface area contributed by atoms with Gasteiger partial charge in [0.2, 0.25) is 0 Å². The van der Waals surface area contributed by atoms with E-state index in [0.29, 0.717) is 0 Å². The van der Waals surface area contributed by atoms with Gasteiger partial charge in [0, 0.05) is 16.2 Å². The topological polar surface area (TPSA) is 9.23 Å². The van der Waals surface area contributed by atoms with Crippen LogP contribution in [0, 0.1) is 0 Å². The van der Waals surface area contributed by atoms with Crippen LogP contribution in [-0.4, -0.2) is 17.7 Å². The van der Waals surface area contributed by atoms with Crippen molar-refractivity contribution in [2.75, 3.05) is 12.4 Å². The van der Waals surface area contributed by atoms with Gasteiger partial charge in [0.05, 0.1) is 12.0 Å². The van der Waals surface area contributed by atoms with E-state index in [1.807, 2.05) is 25.1 Å². The van der Waals surface area contributed by atoms with Crippen molar-refractivity contribution in [1.82, 2.24) is 0 Å². The van der Waals surface area contributed by atoms with Crippen molar-refractivity contribution >= 4 is 29.1 Å². The van der Waals surface area contributed by atoms with Gasteiger partial charge in [-0.1, -0.05) is 30.3 Å². The van der Waals surface area contributed by atoms with E-state index >= 15 is 0 Å². The Kier molecular flexibility index (Phi) is 3.60. The predicted octanol–water partition coefficient (Wildman–Crippen LogP) is 3.75. The lowest BCUT2D eigenvalue weighted by Gasteiger charge is -2.22. The first-order chi connectivity index (χ1) is 7.29. The van der Waals surface area contributed by atoms with Gasteiger partial charge in [0.15, 0.2) is 0 Å². The second-order valence-electron chi connectivity index (χ2n) is 3.37. The number of ether oxygens (including phenoxy) is 1. The third kappa shape index (κ3) is 2.50. The predicted molar refractivity (Wildman–Crippen MR) is 67.1 cm³/mol. The van der Waals surface area contributed by atoms with E-state index in [-0.39, 0.29) is 5.38 Å². The maximum Gasteiger partial charge on any atom is 0.137 e.